The fourth-order valence-corrected chi connectivity index (χ4v) is 2.80. The van der Waals surface area contributed by atoms with Crippen molar-refractivity contribution in [1.29, 1.82) is 0 Å². The predicted molar refractivity (Wildman–Crippen MR) is 77.7 cm³/mol. The van der Waals surface area contributed by atoms with Crippen LogP contribution in [0.25, 0.3) is 0 Å². The van der Waals surface area contributed by atoms with Crippen molar-refractivity contribution in [2.75, 3.05) is 31.6 Å². The highest BCUT2D eigenvalue weighted by molar-refractivity contribution is 6.32. The number of alkyl halides is 1. The van der Waals surface area contributed by atoms with Crippen molar-refractivity contribution >= 4 is 29.0 Å². The van der Waals surface area contributed by atoms with Crippen LogP contribution in [0, 0.1) is 0 Å². The molecule has 1 unspecified atom stereocenters. The van der Waals surface area contributed by atoms with Gasteiger partial charge >= 0.3 is 0 Å². The van der Waals surface area contributed by atoms with Crippen molar-refractivity contribution < 1.29 is 0 Å². The third-order valence-corrected chi connectivity index (χ3v) is 4.26. The largest absolute Gasteiger partial charge is 0.354 e. The van der Waals surface area contributed by atoms with Gasteiger partial charge in [-0.15, -0.1) is 11.6 Å². The van der Waals surface area contributed by atoms with Crippen molar-refractivity contribution in [2.24, 2.45) is 0 Å². The maximum atomic E-state index is 6.04. The molecule has 3 nitrogen and oxygen atoms in total. The van der Waals surface area contributed by atoms with E-state index >= 15 is 0 Å². The Balaban J connectivity index is 2.16. The first-order chi connectivity index (χ1) is 8.65. The van der Waals surface area contributed by atoms with Crippen molar-refractivity contribution in [3.63, 3.8) is 0 Å². The van der Waals surface area contributed by atoms with Gasteiger partial charge in [-0.05, 0) is 25.1 Å². The minimum atomic E-state index is 0.430. The zero-order chi connectivity index (χ0) is 13.1. The van der Waals surface area contributed by atoms with Crippen molar-refractivity contribution in [3.05, 3.63) is 22.8 Å². The first-order valence-corrected chi connectivity index (χ1v) is 7.22. The fraction of sp³-hybridized carbons (Fsp3) is 0.615. The van der Waals surface area contributed by atoms with Gasteiger partial charge in [-0.2, -0.15) is 0 Å². The number of anilines is 1. The second-order valence-electron chi connectivity index (χ2n) is 4.76. The molecule has 1 fully saturated rings. The molecule has 0 aliphatic carbocycles. The van der Waals surface area contributed by atoms with Gasteiger partial charge in [0.05, 0.1) is 5.02 Å². The molecule has 0 amide bonds. The van der Waals surface area contributed by atoms with E-state index in [1.807, 2.05) is 6.07 Å². The second kappa shape index (κ2) is 6.09. The summed E-state index contributed by atoms with van der Waals surface area (Å²) in [5.41, 5.74) is 0.954. The molecule has 0 saturated carbocycles. The number of hydrogen-bond acceptors (Lipinski definition) is 3. The summed E-state index contributed by atoms with van der Waals surface area (Å²) >= 11 is 11.9. The lowest BCUT2D eigenvalue weighted by Gasteiger charge is -2.39. The highest BCUT2D eigenvalue weighted by atomic mass is 35.5. The Hall–Kier alpha value is -0.510. The van der Waals surface area contributed by atoms with Crippen molar-refractivity contribution in [3.8, 4) is 0 Å². The van der Waals surface area contributed by atoms with E-state index in [2.05, 4.69) is 28.8 Å². The first-order valence-electron chi connectivity index (χ1n) is 6.31. The lowest BCUT2D eigenvalue weighted by molar-refractivity contribution is 0.213. The lowest BCUT2D eigenvalue weighted by atomic mass is 10.1. The van der Waals surface area contributed by atoms with Gasteiger partial charge < -0.3 is 4.90 Å². The summed E-state index contributed by atoms with van der Waals surface area (Å²) in [6.45, 7) is 5.32. The van der Waals surface area contributed by atoms with Crippen LogP contribution in [0.3, 0.4) is 0 Å². The summed E-state index contributed by atoms with van der Waals surface area (Å²) in [6, 6.07) is 2.60. The predicted octanol–water partition coefficient (Wildman–Crippen LogP) is 3.00. The van der Waals surface area contributed by atoms with E-state index < -0.39 is 0 Å². The third-order valence-electron chi connectivity index (χ3n) is 3.64. The van der Waals surface area contributed by atoms with Gasteiger partial charge in [-0.1, -0.05) is 18.5 Å². The van der Waals surface area contributed by atoms with Crippen LogP contribution in [-0.4, -0.2) is 42.6 Å². The number of likely N-dealkylation sites (N-methyl/N-ethyl adjacent to an activating group) is 1. The van der Waals surface area contributed by atoms with Crippen LogP contribution in [0.15, 0.2) is 12.3 Å². The number of rotatable bonds is 3. The molecule has 1 aliphatic rings. The van der Waals surface area contributed by atoms with E-state index in [0.29, 0.717) is 16.9 Å². The number of pyridine rings is 1. The molecule has 0 aromatic carbocycles. The van der Waals surface area contributed by atoms with Gasteiger partial charge in [0, 0.05) is 37.8 Å². The zero-order valence-corrected chi connectivity index (χ0v) is 12.4. The normalized spacial score (nSPS) is 21.3. The molecule has 2 rings (SSSR count). The van der Waals surface area contributed by atoms with E-state index in [1.54, 1.807) is 6.20 Å². The van der Waals surface area contributed by atoms with Crippen LogP contribution < -0.4 is 4.90 Å². The topological polar surface area (TPSA) is 19.4 Å². The molecule has 0 radical (unpaired) electrons. The highest BCUT2D eigenvalue weighted by Crippen LogP contribution is 2.24. The number of piperazine rings is 1. The van der Waals surface area contributed by atoms with E-state index in [0.717, 1.165) is 37.4 Å². The number of nitrogens with zero attached hydrogens (tertiary/aromatic N) is 3. The molecule has 0 spiro atoms. The third kappa shape index (κ3) is 2.90. The summed E-state index contributed by atoms with van der Waals surface area (Å²) in [7, 11) is 2.19. The Morgan fingerprint density at radius 2 is 2.22 bits per heavy atom. The van der Waals surface area contributed by atoms with Crippen LogP contribution >= 0.6 is 23.2 Å². The van der Waals surface area contributed by atoms with Gasteiger partial charge in [0.1, 0.15) is 5.82 Å². The minimum absolute atomic E-state index is 0.430. The van der Waals surface area contributed by atoms with E-state index in [-0.39, 0.29) is 0 Å². The summed E-state index contributed by atoms with van der Waals surface area (Å²) in [5, 5.41) is 0.648. The number of aromatic nitrogens is 1. The molecule has 1 aromatic heterocycles. The van der Waals surface area contributed by atoms with Crippen molar-refractivity contribution in [1.82, 2.24) is 9.88 Å². The van der Waals surface area contributed by atoms with Gasteiger partial charge in [0.25, 0.3) is 0 Å². The van der Waals surface area contributed by atoms with E-state index in [1.165, 1.54) is 0 Å². The van der Waals surface area contributed by atoms with Gasteiger partial charge in [-0.25, -0.2) is 4.98 Å². The maximum Gasteiger partial charge on any atom is 0.128 e. The highest BCUT2D eigenvalue weighted by Gasteiger charge is 2.23. The molecule has 18 heavy (non-hydrogen) atoms. The smallest absolute Gasteiger partial charge is 0.128 e. The summed E-state index contributed by atoms with van der Waals surface area (Å²) < 4.78 is 0. The number of hydrogen-bond donors (Lipinski definition) is 0. The molecule has 1 saturated heterocycles. The fourth-order valence-electron chi connectivity index (χ4n) is 2.34. The Labute approximate surface area is 119 Å². The summed E-state index contributed by atoms with van der Waals surface area (Å²) in [4.78, 5) is 9.15. The SMILES string of the molecule is CCC1CN(c2cc(CCl)c(Cl)cn2)CCN1C. The summed E-state index contributed by atoms with van der Waals surface area (Å²) in [5.74, 6) is 1.42. The van der Waals surface area contributed by atoms with Gasteiger partial charge in [0.15, 0.2) is 0 Å². The molecule has 0 bridgehead atoms. The minimum Gasteiger partial charge on any atom is -0.354 e. The monoisotopic (exact) mass is 287 g/mol. The molecular formula is C13H19Cl2N3. The Morgan fingerprint density at radius 3 is 2.89 bits per heavy atom. The Bertz CT molecular complexity index is 411. The zero-order valence-electron chi connectivity index (χ0n) is 10.9. The standard InChI is InChI=1S/C13H19Cl2N3/c1-3-11-9-18(5-4-17(11)2)13-6-10(7-14)12(15)8-16-13/h6,8,11H,3-5,7,9H2,1-2H3. The van der Waals surface area contributed by atoms with Crippen LogP contribution in [-0.2, 0) is 5.88 Å². The average molecular weight is 288 g/mol. The van der Waals surface area contributed by atoms with Crippen LogP contribution in [0.4, 0.5) is 5.82 Å². The van der Waals surface area contributed by atoms with Crippen LogP contribution in [0.1, 0.15) is 18.9 Å². The van der Waals surface area contributed by atoms with Gasteiger partial charge in [0.2, 0.25) is 0 Å². The lowest BCUT2D eigenvalue weighted by Crippen LogP contribution is -2.51. The van der Waals surface area contributed by atoms with E-state index in [9.17, 15) is 0 Å². The Kier molecular flexibility index (Phi) is 4.71. The molecule has 5 heteroatoms. The quantitative estimate of drug-likeness (QED) is 0.797. The van der Waals surface area contributed by atoms with Gasteiger partial charge in [-0.3, -0.25) is 4.90 Å². The molecule has 1 atom stereocenters. The summed E-state index contributed by atoms with van der Waals surface area (Å²) in [6.07, 6.45) is 2.86. The van der Waals surface area contributed by atoms with Crippen molar-refractivity contribution in [2.45, 2.75) is 25.3 Å². The molecule has 1 aromatic rings. The molecule has 2 heterocycles. The number of halogens is 2. The van der Waals surface area contributed by atoms with Crippen LogP contribution in [0.5, 0.6) is 0 Å². The first kappa shape index (κ1) is 13.9. The molecule has 0 N–H and O–H groups in total. The molecular weight excluding hydrogens is 269 g/mol. The maximum absolute atomic E-state index is 6.04. The Morgan fingerprint density at radius 1 is 1.44 bits per heavy atom. The molecule has 100 valence electrons. The average Bonchev–Trinajstić information content (AvgIpc) is 2.40. The van der Waals surface area contributed by atoms with E-state index in [4.69, 9.17) is 23.2 Å². The van der Waals surface area contributed by atoms with Crippen LogP contribution in [0.2, 0.25) is 5.02 Å². The molecule has 1 aliphatic heterocycles. The second-order valence-corrected chi connectivity index (χ2v) is 5.43.